The summed E-state index contributed by atoms with van der Waals surface area (Å²) < 4.78 is 5.80. The van der Waals surface area contributed by atoms with Crippen LogP contribution >= 0.6 is 0 Å². The number of aliphatic carboxylic acids is 1. The molecule has 0 spiro atoms. The van der Waals surface area contributed by atoms with Crippen molar-refractivity contribution in [1.82, 2.24) is 5.01 Å². The molecule has 9 heteroatoms. The first-order valence-corrected chi connectivity index (χ1v) is 9.84. The van der Waals surface area contributed by atoms with Gasteiger partial charge in [0, 0.05) is 19.0 Å². The summed E-state index contributed by atoms with van der Waals surface area (Å²) in [6, 6.07) is 6.52. The van der Waals surface area contributed by atoms with Crippen molar-refractivity contribution in [1.29, 1.82) is 0 Å². The van der Waals surface area contributed by atoms with Crippen LogP contribution in [-0.2, 0) is 9.59 Å². The Balaban J connectivity index is 1.80. The molecule has 0 unspecified atom stereocenters. The zero-order valence-corrected chi connectivity index (χ0v) is 17.5. The third-order valence-corrected chi connectivity index (χ3v) is 5.12. The predicted molar refractivity (Wildman–Crippen MR) is 115 cm³/mol. The van der Waals surface area contributed by atoms with Crippen molar-refractivity contribution < 1.29 is 24.0 Å². The van der Waals surface area contributed by atoms with Crippen molar-refractivity contribution in [2.24, 2.45) is 5.10 Å². The van der Waals surface area contributed by atoms with Gasteiger partial charge in [-0.15, -0.1) is 0 Å². The van der Waals surface area contributed by atoms with Gasteiger partial charge in [-0.1, -0.05) is 0 Å². The fourth-order valence-corrected chi connectivity index (χ4v) is 3.30. The van der Waals surface area contributed by atoms with Crippen LogP contribution in [0.3, 0.4) is 0 Å². The van der Waals surface area contributed by atoms with Gasteiger partial charge in [0.25, 0.3) is 11.6 Å². The van der Waals surface area contributed by atoms with E-state index < -0.39 is 10.9 Å². The molecule has 31 heavy (non-hydrogen) atoms. The van der Waals surface area contributed by atoms with Gasteiger partial charge in [0.1, 0.15) is 11.5 Å². The van der Waals surface area contributed by atoms with E-state index in [-0.39, 0.29) is 18.0 Å². The molecule has 0 saturated heterocycles. The molecule has 0 aliphatic carbocycles. The van der Waals surface area contributed by atoms with E-state index in [0.29, 0.717) is 47.8 Å². The average Bonchev–Trinajstić information content (AvgIpc) is 3.27. The number of hydrogen-bond acceptors (Lipinski definition) is 6. The summed E-state index contributed by atoms with van der Waals surface area (Å²) in [5.74, 6) is -0.436. The van der Waals surface area contributed by atoms with Crippen LogP contribution in [0, 0.1) is 24.0 Å². The molecule has 9 nitrogen and oxygen atoms in total. The maximum absolute atomic E-state index is 12.6. The lowest BCUT2D eigenvalue weighted by atomic mass is 10.0. The quantitative estimate of drug-likeness (QED) is 0.290. The lowest BCUT2D eigenvalue weighted by Crippen LogP contribution is -2.23. The van der Waals surface area contributed by atoms with E-state index in [1.165, 1.54) is 11.1 Å². The van der Waals surface area contributed by atoms with Crippen LogP contribution in [0.25, 0.3) is 17.4 Å². The Morgan fingerprint density at radius 2 is 1.94 bits per heavy atom. The summed E-state index contributed by atoms with van der Waals surface area (Å²) in [4.78, 5) is 34.3. The summed E-state index contributed by atoms with van der Waals surface area (Å²) in [7, 11) is 0. The second-order valence-electron chi connectivity index (χ2n) is 7.44. The Morgan fingerprint density at radius 1 is 1.23 bits per heavy atom. The van der Waals surface area contributed by atoms with Gasteiger partial charge in [-0.25, -0.2) is 5.01 Å². The van der Waals surface area contributed by atoms with Gasteiger partial charge >= 0.3 is 5.97 Å². The Kier molecular flexibility index (Phi) is 6.33. The number of unbranched alkanes of at least 4 members (excludes halogenated alkanes) is 1. The van der Waals surface area contributed by atoms with Crippen LogP contribution in [0.4, 0.5) is 5.69 Å². The molecule has 2 aromatic rings. The van der Waals surface area contributed by atoms with Gasteiger partial charge in [-0.2, -0.15) is 5.10 Å². The van der Waals surface area contributed by atoms with Crippen LogP contribution in [-0.4, -0.2) is 39.2 Å². The number of amides is 1. The molecule has 0 saturated carbocycles. The molecule has 0 fully saturated rings. The van der Waals surface area contributed by atoms with Crippen molar-refractivity contribution in [3.8, 4) is 11.3 Å². The number of nitrogens with zero attached hydrogens (tertiary/aromatic N) is 3. The Morgan fingerprint density at radius 3 is 2.61 bits per heavy atom. The Bertz CT molecular complexity index is 1110. The minimum atomic E-state index is -0.870. The molecular weight excluding hydrogens is 402 g/mol. The van der Waals surface area contributed by atoms with Gasteiger partial charge in [-0.05, 0) is 69.0 Å². The van der Waals surface area contributed by atoms with Crippen LogP contribution in [0.1, 0.15) is 43.1 Å². The van der Waals surface area contributed by atoms with Crippen LogP contribution < -0.4 is 0 Å². The molecule has 0 radical (unpaired) electrons. The first kappa shape index (κ1) is 21.9. The maximum Gasteiger partial charge on any atom is 0.303 e. The molecule has 1 aliphatic rings. The lowest BCUT2D eigenvalue weighted by molar-refractivity contribution is -0.384. The minimum Gasteiger partial charge on any atom is -0.481 e. The molecule has 1 aromatic heterocycles. The van der Waals surface area contributed by atoms with Gasteiger partial charge < -0.3 is 9.52 Å². The van der Waals surface area contributed by atoms with E-state index in [9.17, 15) is 19.7 Å². The van der Waals surface area contributed by atoms with Crippen LogP contribution in [0.15, 0.2) is 39.4 Å². The highest BCUT2D eigenvalue weighted by molar-refractivity contribution is 6.26. The number of carbonyl (C=O) groups excluding carboxylic acids is 1. The number of carboxylic acid groups (broad SMARTS) is 1. The van der Waals surface area contributed by atoms with Gasteiger partial charge in [0.2, 0.25) is 0 Å². The van der Waals surface area contributed by atoms with E-state index in [2.05, 4.69) is 5.10 Å². The topological polar surface area (TPSA) is 126 Å². The average molecular weight is 425 g/mol. The van der Waals surface area contributed by atoms with Crippen molar-refractivity contribution in [2.75, 3.05) is 6.54 Å². The molecule has 0 bridgehead atoms. The summed E-state index contributed by atoms with van der Waals surface area (Å²) in [5.41, 5.74) is 2.95. The standard InChI is InChI=1S/C22H23N3O6/c1-13-10-18(19(25(29)30)11-14(13)2)20-8-7-16(31-20)12-17-15(3)23-24(22(17)28)9-5-4-6-21(26)27/h7-8,10-12H,4-6,9H2,1-3H3,(H,26,27)/b17-12+. The van der Waals surface area contributed by atoms with E-state index in [1.807, 2.05) is 13.8 Å². The molecule has 1 aromatic carbocycles. The molecule has 1 amide bonds. The first-order valence-electron chi connectivity index (χ1n) is 9.84. The molecular formula is C22H23N3O6. The molecule has 1 aliphatic heterocycles. The smallest absolute Gasteiger partial charge is 0.303 e. The number of nitro groups is 1. The third-order valence-electron chi connectivity index (χ3n) is 5.12. The van der Waals surface area contributed by atoms with Crippen LogP contribution in [0.5, 0.6) is 0 Å². The number of hydrazone groups is 1. The third kappa shape index (κ3) is 4.88. The second-order valence-corrected chi connectivity index (χ2v) is 7.44. The molecule has 3 rings (SSSR count). The highest BCUT2D eigenvalue weighted by atomic mass is 16.6. The van der Waals surface area contributed by atoms with Crippen molar-refractivity contribution in [3.05, 3.63) is 56.8 Å². The van der Waals surface area contributed by atoms with E-state index in [4.69, 9.17) is 9.52 Å². The van der Waals surface area contributed by atoms with E-state index >= 15 is 0 Å². The SMILES string of the molecule is CC1=NN(CCCCC(=O)O)C(=O)/C1=C/c1ccc(-c2cc(C)c(C)cc2[N+](=O)[O-])o1. The summed E-state index contributed by atoms with van der Waals surface area (Å²) in [6.07, 6.45) is 2.61. The van der Waals surface area contributed by atoms with E-state index in [1.54, 1.807) is 31.2 Å². The molecule has 0 atom stereocenters. The maximum atomic E-state index is 12.6. The van der Waals surface area contributed by atoms with Crippen molar-refractivity contribution >= 4 is 29.4 Å². The number of furan rings is 1. The Labute approximate surface area is 178 Å². The zero-order chi connectivity index (χ0) is 22.7. The number of rotatable bonds is 8. The van der Waals surface area contributed by atoms with Crippen LogP contribution in [0.2, 0.25) is 0 Å². The first-order chi connectivity index (χ1) is 14.7. The van der Waals surface area contributed by atoms with Gasteiger partial charge in [-0.3, -0.25) is 19.7 Å². The second kappa shape index (κ2) is 8.95. The highest BCUT2D eigenvalue weighted by Gasteiger charge is 2.27. The predicted octanol–water partition coefficient (Wildman–Crippen LogP) is 4.33. The highest BCUT2D eigenvalue weighted by Crippen LogP contribution is 2.34. The molecule has 162 valence electrons. The largest absolute Gasteiger partial charge is 0.481 e. The van der Waals surface area contributed by atoms with Crippen molar-refractivity contribution in [2.45, 2.75) is 40.0 Å². The van der Waals surface area contributed by atoms with Crippen molar-refractivity contribution in [3.63, 3.8) is 0 Å². The lowest BCUT2D eigenvalue weighted by Gasteiger charge is -2.10. The number of hydrogen-bond donors (Lipinski definition) is 1. The number of carbonyl (C=O) groups is 2. The minimum absolute atomic E-state index is 0.0427. The monoisotopic (exact) mass is 425 g/mol. The van der Waals surface area contributed by atoms with Gasteiger partial charge in [0.05, 0.1) is 21.8 Å². The number of aryl methyl sites for hydroxylation is 2. The summed E-state index contributed by atoms with van der Waals surface area (Å²) >= 11 is 0. The number of benzene rings is 1. The fraction of sp³-hybridized carbons (Fsp3) is 0.318. The van der Waals surface area contributed by atoms with Gasteiger partial charge in [0.15, 0.2) is 0 Å². The Hall–Kier alpha value is -3.75. The normalized spacial score (nSPS) is 14.9. The number of carboxylic acids is 1. The summed E-state index contributed by atoms with van der Waals surface area (Å²) in [6.45, 7) is 5.72. The molecule has 2 heterocycles. The fourth-order valence-electron chi connectivity index (χ4n) is 3.30. The zero-order valence-electron chi connectivity index (χ0n) is 17.5. The molecule has 1 N–H and O–H groups in total. The number of nitro benzene ring substituents is 1. The van der Waals surface area contributed by atoms with E-state index in [0.717, 1.165) is 11.1 Å². The summed E-state index contributed by atoms with van der Waals surface area (Å²) in [5, 5.41) is 25.7.